The molecule has 2 heterocycles. The number of amides is 1. The second kappa shape index (κ2) is 4.96. The third-order valence-electron chi connectivity index (χ3n) is 4.89. The van der Waals surface area contributed by atoms with E-state index in [-0.39, 0.29) is 17.1 Å². The molecule has 3 rings (SSSR count). The van der Waals surface area contributed by atoms with Gasteiger partial charge in [0.1, 0.15) is 0 Å². The molecule has 0 bridgehead atoms. The molecule has 0 aromatic heterocycles. The minimum absolute atomic E-state index is 0.00562. The highest BCUT2D eigenvalue weighted by Gasteiger charge is 2.51. The van der Waals surface area contributed by atoms with E-state index in [0.717, 1.165) is 17.6 Å². The van der Waals surface area contributed by atoms with Crippen LogP contribution in [0.1, 0.15) is 34.1 Å². The number of hydrogen-bond donors (Lipinski definition) is 0. The summed E-state index contributed by atoms with van der Waals surface area (Å²) in [4.78, 5) is 13.9. The number of rotatable bonds is 2. The van der Waals surface area contributed by atoms with Crippen molar-refractivity contribution in [3.63, 3.8) is 0 Å². The van der Waals surface area contributed by atoms with Gasteiger partial charge in [-0.05, 0) is 51.7 Å². The van der Waals surface area contributed by atoms with E-state index in [0.29, 0.717) is 12.1 Å². The molecule has 1 aromatic carbocycles. The maximum Gasteiger partial charge on any atom is 0.494 e. The van der Waals surface area contributed by atoms with Crippen LogP contribution >= 0.6 is 0 Å². The largest absolute Gasteiger partial charge is 0.494 e. The van der Waals surface area contributed by atoms with E-state index in [1.54, 1.807) is 4.90 Å². The summed E-state index contributed by atoms with van der Waals surface area (Å²) in [5.74, 6) is 0.00562. The Labute approximate surface area is 132 Å². The first-order chi connectivity index (χ1) is 10.2. The predicted molar refractivity (Wildman–Crippen MR) is 88.3 cm³/mol. The molecule has 0 aliphatic carbocycles. The highest BCUT2D eigenvalue weighted by atomic mass is 16.7. The van der Waals surface area contributed by atoms with Gasteiger partial charge in [-0.15, -0.1) is 0 Å². The van der Waals surface area contributed by atoms with Crippen LogP contribution in [-0.4, -0.2) is 30.8 Å². The van der Waals surface area contributed by atoms with Crippen LogP contribution in [0.2, 0.25) is 0 Å². The second-order valence-electron chi connectivity index (χ2n) is 6.99. The fraction of sp³-hybridized carbons (Fsp3) is 0.471. The second-order valence-corrected chi connectivity index (χ2v) is 6.99. The monoisotopic (exact) mass is 299 g/mol. The van der Waals surface area contributed by atoms with Crippen LogP contribution in [0, 0.1) is 0 Å². The van der Waals surface area contributed by atoms with Crippen LogP contribution in [0.3, 0.4) is 0 Å². The summed E-state index contributed by atoms with van der Waals surface area (Å²) in [5, 5.41) is 0. The highest BCUT2D eigenvalue weighted by Crippen LogP contribution is 2.36. The zero-order valence-electron chi connectivity index (χ0n) is 13.7. The van der Waals surface area contributed by atoms with Gasteiger partial charge in [-0.3, -0.25) is 4.79 Å². The van der Waals surface area contributed by atoms with Crippen LogP contribution in [-0.2, 0) is 14.1 Å². The summed E-state index contributed by atoms with van der Waals surface area (Å²) in [7, 11) is -0.411. The Morgan fingerprint density at radius 1 is 1.18 bits per heavy atom. The summed E-state index contributed by atoms with van der Waals surface area (Å²) in [5.41, 5.74) is 1.73. The molecule has 0 atom stereocenters. The van der Waals surface area contributed by atoms with Crippen LogP contribution in [0.4, 0.5) is 5.69 Å². The molecule has 1 amide bonds. The van der Waals surface area contributed by atoms with Crippen molar-refractivity contribution in [1.82, 2.24) is 0 Å². The lowest BCUT2D eigenvalue weighted by molar-refractivity contribution is -0.114. The molecule has 0 unspecified atom stereocenters. The molecule has 2 aliphatic heterocycles. The van der Waals surface area contributed by atoms with Crippen molar-refractivity contribution in [1.29, 1.82) is 0 Å². The van der Waals surface area contributed by atoms with Crippen molar-refractivity contribution < 1.29 is 14.1 Å². The van der Waals surface area contributed by atoms with Crippen molar-refractivity contribution in [2.24, 2.45) is 0 Å². The molecule has 2 aliphatic rings. The van der Waals surface area contributed by atoms with E-state index >= 15 is 0 Å². The lowest BCUT2D eigenvalue weighted by Crippen LogP contribution is -2.41. The zero-order chi connectivity index (χ0) is 16.1. The molecule has 0 saturated carbocycles. The van der Waals surface area contributed by atoms with Crippen molar-refractivity contribution >= 4 is 24.2 Å². The van der Waals surface area contributed by atoms with Gasteiger partial charge in [0.25, 0.3) is 5.91 Å². The third-order valence-corrected chi connectivity index (χ3v) is 4.89. The first-order valence-electron chi connectivity index (χ1n) is 7.66. The average Bonchev–Trinajstić information content (AvgIpc) is 2.88. The van der Waals surface area contributed by atoms with Gasteiger partial charge in [0.2, 0.25) is 0 Å². The first-order valence-corrected chi connectivity index (χ1v) is 7.66. The molecule has 0 radical (unpaired) electrons. The standard InChI is InChI=1S/C17H22BNO3/c1-12-9-10-19(15(12)20)14-8-6-7-13(11-14)18-21-16(2,3)17(4,5)22-18/h6-8,11H,1,9-10H2,2-5H3. The minimum atomic E-state index is -0.411. The molecule has 116 valence electrons. The molecule has 2 fully saturated rings. The van der Waals surface area contributed by atoms with Gasteiger partial charge in [0.15, 0.2) is 0 Å². The quantitative estimate of drug-likeness (QED) is 0.621. The molecule has 0 spiro atoms. The summed E-state index contributed by atoms with van der Waals surface area (Å²) >= 11 is 0. The SMILES string of the molecule is C=C1CCN(c2cccc(B3OC(C)(C)C(C)(C)O3)c2)C1=O. The molecule has 4 nitrogen and oxygen atoms in total. The summed E-state index contributed by atoms with van der Waals surface area (Å²) in [6, 6.07) is 7.81. The van der Waals surface area contributed by atoms with Gasteiger partial charge in [-0.25, -0.2) is 0 Å². The van der Waals surface area contributed by atoms with E-state index in [4.69, 9.17) is 9.31 Å². The highest BCUT2D eigenvalue weighted by molar-refractivity contribution is 6.62. The zero-order valence-corrected chi connectivity index (χ0v) is 13.7. The van der Waals surface area contributed by atoms with Gasteiger partial charge < -0.3 is 14.2 Å². The number of hydrogen-bond acceptors (Lipinski definition) is 3. The Morgan fingerprint density at radius 2 is 1.82 bits per heavy atom. The Balaban J connectivity index is 1.87. The number of carbonyl (C=O) groups excluding carboxylic acids is 1. The topological polar surface area (TPSA) is 38.8 Å². The first kappa shape index (κ1) is 15.3. The molecule has 2 saturated heterocycles. The molecular formula is C17H22BNO3. The van der Waals surface area contributed by atoms with Crippen LogP contribution in [0.25, 0.3) is 0 Å². The van der Waals surface area contributed by atoms with Crippen molar-refractivity contribution in [2.75, 3.05) is 11.4 Å². The Bertz CT molecular complexity index is 623. The van der Waals surface area contributed by atoms with Gasteiger partial charge in [0.05, 0.1) is 11.2 Å². The third kappa shape index (κ3) is 2.38. The predicted octanol–water partition coefficient (Wildman–Crippen LogP) is 2.28. The summed E-state index contributed by atoms with van der Waals surface area (Å²) < 4.78 is 12.1. The van der Waals surface area contributed by atoms with Gasteiger partial charge >= 0.3 is 7.12 Å². The van der Waals surface area contributed by atoms with Gasteiger partial charge in [-0.2, -0.15) is 0 Å². The Hall–Kier alpha value is -1.59. The number of carbonyl (C=O) groups is 1. The van der Waals surface area contributed by atoms with Crippen LogP contribution in [0.5, 0.6) is 0 Å². The van der Waals surface area contributed by atoms with Crippen molar-refractivity contribution in [2.45, 2.75) is 45.3 Å². The molecular weight excluding hydrogens is 277 g/mol. The van der Waals surface area contributed by atoms with Crippen molar-refractivity contribution in [3.8, 4) is 0 Å². The van der Waals surface area contributed by atoms with E-state index in [1.165, 1.54) is 0 Å². The lowest BCUT2D eigenvalue weighted by atomic mass is 9.79. The Kier molecular flexibility index (Phi) is 3.46. The van der Waals surface area contributed by atoms with E-state index < -0.39 is 7.12 Å². The maximum absolute atomic E-state index is 12.1. The molecule has 5 heteroatoms. The molecule has 22 heavy (non-hydrogen) atoms. The fourth-order valence-electron chi connectivity index (χ4n) is 2.71. The number of benzene rings is 1. The van der Waals surface area contributed by atoms with Gasteiger partial charge in [-0.1, -0.05) is 18.7 Å². The van der Waals surface area contributed by atoms with E-state index in [1.807, 2.05) is 52.0 Å². The number of anilines is 1. The van der Waals surface area contributed by atoms with Crippen LogP contribution < -0.4 is 10.4 Å². The van der Waals surface area contributed by atoms with Crippen molar-refractivity contribution in [3.05, 3.63) is 36.4 Å². The minimum Gasteiger partial charge on any atom is -0.399 e. The normalized spacial score (nSPS) is 23.5. The smallest absolute Gasteiger partial charge is 0.399 e. The summed E-state index contributed by atoms with van der Waals surface area (Å²) in [6.45, 7) is 12.6. The maximum atomic E-state index is 12.1. The average molecular weight is 299 g/mol. The lowest BCUT2D eigenvalue weighted by Gasteiger charge is -2.32. The molecule has 1 aromatic rings. The number of nitrogens with zero attached hydrogens (tertiary/aromatic N) is 1. The summed E-state index contributed by atoms with van der Waals surface area (Å²) in [6.07, 6.45) is 0.722. The van der Waals surface area contributed by atoms with Crippen LogP contribution in [0.15, 0.2) is 36.4 Å². The fourth-order valence-corrected chi connectivity index (χ4v) is 2.71. The van der Waals surface area contributed by atoms with Gasteiger partial charge in [0, 0.05) is 17.8 Å². The van der Waals surface area contributed by atoms with E-state index in [2.05, 4.69) is 6.58 Å². The molecule has 0 N–H and O–H groups in total. The van der Waals surface area contributed by atoms with E-state index in [9.17, 15) is 4.79 Å². The Morgan fingerprint density at radius 3 is 2.36 bits per heavy atom.